The summed E-state index contributed by atoms with van der Waals surface area (Å²) >= 11 is 0. The van der Waals surface area contributed by atoms with Gasteiger partial charge in [-0.15, -0.1) is 0 Å². The van der Waals surface area contributed by atoms with Crippen molar-refractivity contribution in [3.05, 3.63) is 59.8 Å². The molecule has 5 nitrogen and oxygen atoms in total. The van der Waals surface area contributed by atoms with Gasteiger partial charge in [-0.05, 0) is 49.2 Å². The molecule has 0 spiro atoms. The van der Waals surface area contributed by atoms with Crippen LogP contribution in [0.25, 0.3) is 0 Å². The normalized spacial score (nSPS) is 20.7. The third-order valence-corrected chi connectivity index (χ3v) is 6.18. The summed E-state index contributed by atoms with van der Waals surface area (Å²) in [5, 5.41) is 0. The molecule has 2 saturated heterocycles. The average molecular weight is 432 g/mol. The highest BCUT2D eigenvalue weighted by Crippen LogP contribution is 2.34. The number of pyridine rings is 1. The van der Waals surface area contributed by atoms with Crippen LogP contribution in [0.15, 0.2) is 48.7 Å². The molecule has 166 valence electrons. The van der Waals surface area contributed by atoms with Gasteiger partial charge in [0.1, 0.15) is 5.82 Å². The fraction of sp³-hybridized carbons (Fsp3) is 0.478. The number of piperidine rings is 1. The van der Waals surface area contributed by atoms with Gasteiger partial charge in [0.05, 0.1) is 12.1 Å². The first-order chi connectivity index (χ1) is 14.9. The van der Waals surface area contributed by atoms with Gasteiger partial charge in [-0.1, -0.05) is 24.6 Å². The van der Waals surface area contributed by atoms with Crippen molar-refractivity contribution < 1.29 is 18.0 Å². The van der Waals surface area contributed by atoms with Crippen molar-refractivity contribution in [2.24, 2.45) is 0 Å². The smallest absolute Gasteiger partial charge is 0.353 e. The molecule has 4 rings (SSSR count). The molecule has 3 heterocycles. The minimum atomic E-state index is -4.34. The van der Waals surface area contributed by atoms with E-state index in [1.165, 1.54) is 0 Å². The first kappa shape index (κ1) is 21.6. The SMILES string of the molecule is O=C(CN1CCCCC1c1ccc(C(F)(F)F)cc1)N1CCN(c2ccccn2)CC1. The van der Waals surface area contributed by atoms with E-state index < -0.39 is 11.7 Å². The Bertz CT molecular complexity index is 865. The minimum Gasteiger partial charge on any atom is -0.353 e. The third-order valence-electron chi connectivity index (χ3n) is 6.18. The Kier molecular flexibility index (Phi) is 6.46. The zero-order chi connectivity index (χ0) is 21.8. The zero-order valence-electron chi connectivity index (χ0n) is 17.4. The zero-order valence-corrected chi connectivity index (χ0v) is 17.4. The number of alkyl halides is 3. The van der Waals surface area contributed by atoms with Crippen molar-refractivity contribution in [3.63, 3.8) is 0 Å². The maximum absolute atomic E-state index is 13.0. The monoisotopic (exact) mass is 432 g/mol. The van der Waals surface area contributed by atoms with E-state index in [4.69, 9.17) is 0 Å². The Hall–Kier alpha value is -2.61. The Morgan fingerprint density at radius 1 is 0.968 bits per heavy atom. The number of halogens is 3. The van der Waals surface area contributed by atoms with E-state index in [1.54, 1.807) is 18.3 Å². The van der Waals surface area contributed by atoms with Crippen molar-refractivity contribution >= 4 is 11.7 Å². The van der Waals surface area contributed by atoms with Crippen LogP contribution in [0.4, 0.5) is 19.0 Å². The predicted molar refractivity (Wildman–Crippen MR) is 113 cm³/mol. The lowest BCUT2D eigenvalue weighted by atomic mass is 9.94. The summed E-state index contributed by atoms with van der Waals surface area (Å²) in [4.78, 5) is 23.5. The van der Waals surface area contributed by atoms with Gasteiger partial charge in [-0.3, -0.25) is 9.69 Å². The van der Waals surface area contributed by atoms with Gasteiger partial charge in [0, 0.05) is 38.4 Å². The van der Waals surface area contributed by atoms with Crippen LogP contribution in [0.5, 0.6) is 0 Å². The molecule has 2 aliphatic rings. The lowest BCUT2D eigenvalue weighted by molar-refractivity contribution is -0.137. The predicted octanol–water partition coefficient (Wildman–Crippen LogP) is 3.98. The summed E-state index contributed by atoms with van der Waals surface area (Å²) in [6.07, 6.45) is 0.297. The maximum atomic E-state index is 13.0. The van der Waals surface area contributed by atoms with Gasteiger partial charge in [0.15, 0.2) is 0 Å². The standard InChI is InChI=1S/C23H27F3N4O/c24-23(25,26)19-9-7-18(8-10-19)20-5-2-4-12-30(20)17-22(31)29-15-13-28(14-16-29)21-6-1-3-11-27-21/h1,3,6-11,20H,2,4-5,12-17H2. The van der Waals surface area contributed by atoms with E-state index in [0.717, 1.165) is 62.4 Å². The highest BCUT2D eigenvalue weighted by molar-refractivity contribution is 5.78. The van der Waals surface area contributed by atoms with Crippen LogP contribution >= 0.6 is 0 Å². The molecule has 0 aliphatic carbocycles. The molecule has 1 atom stereocenters. The Morgan fingerprint density at radius 2 is 1.71 bits per heavy atom. The van der Waals surface area contributed by atoms with Gasteiger partial charge in [-0.25, -0.2) is 4.98 Å². The lowest BCUT2D eigenvalue weighted by Crippen LogP contribution is -2.52. The van der Waals surface area contributed by atoms with Gasteiger partial charge >= 0.3 is 6.18 Å². The Balaban J connectivity index is 1.36. The summed E-state index contributed by atoms with van der Waals surface area (Å²) in [5.41, 5.74) is 0.209. The van der Waals surface area contributed by atoms with Crippen LogP contribution in [-0.2, 0) is 11.0 Å². The molecule has 1 aromatic heterocycles. The van der Waals surface area contributed by atoms with E-state index >= 15 is 0 Å². The first-order valence-corrected chi connectivity index (χ1v) is 10.8. The Labute approximate surface area is 180 Å². The van der Waals surface area contributed by atoms with Gasteiger partial charge in [0.25, 0.3) is 0 Å². The van der Waals surface area contributed by atoms with Crippen LogP contribution in [0.3, 0.4) is 0 Å². The molecule has 0 radical (unpaired) electrons. The van der Waals surface area contributed by atoms with Crippen LogP contribution in [0, 0.1) is 0 Å². The molecule has 2 fully saturated rings. The quantitative estimate of drug-likeness (QED) is 0.733. The molecular formula is C23H27F3N4O. The number of piperazine rings is 1. The number of likely N-dealkylation sites (tertiary alicyclic amines) is 1. The number of nitrogens with zero attached hydrogens (tertiary/aromatic N) is 4. The summed E-state index contributed by atoms with van der Waals surface area (Å²) < 4.78 is 38.7. The van der Waals surface area contributed by atoms with Crippen LogP contribution < -0.4 is 4.90 Å². The van der Waals surface area contributed by atoms with Crippen molar-refractivity contribution in [3.8, 4) is 0 Å². The van der Waals surface area contributed by atoms with E-state index in [9.17, 15) is 18.0 Å². The van der Waals surface area contributed by atoms with E-state index in [0.29, 0.717) is 19.6 Å². The van der Waals surface area contributed by atoms with Crippen molar-refractivity contribution in [2.75, 3.05) is 44.2 Å². The number of aromatic nitrogens is 1. The van der Waals surface area contributed by atoms with Crippen molar-refractivity contribution in [2.45, 2.75) is 31.5 Å². The molecule has 0 saturated carbocycles. The Morgan fingerprint density at radius 3 is 2.35 bits per heavy atom. The van der Waals surface area contributed by atoms with Crippen LogP contribution in [0.1, 0.15) is 36.4 Å². The van der Waals surface area contributed by atoms with Crippen LogP contribution in [0.2, 0.25) is 0 Å². The molecule has 2 aromatic rings. The lowest BCUT2D eigenvalue weighted by Gasteiger charge is -2.39. The second-order valence-electron chi connectivity index (χ2n) is 8.16. The van der Waals surface area contributed by atoms with Crippen molar-refractivity contribution in [1.82, 2.24) is 14.8 Å². The summed E-state index contributed by atoms with van der Waals surface area (Å²) in [6.45, 7) is 3.86. The molecule has 1 aromatic carbocycles. The third kappa shape index (κ3) is 5.18. The van der Waals surface area contributed by atoms with E-state index in [2.05, 4.69) is 14.8 Å². The topological polar surface area (TPSA) is 39.7 Å². The summed E-state index contributed by atoms with van der Waals surface area (Å²) in [7, 11) is 0. The number of hydrogen-bond acceptors (Lipinski definition) is 4. The molecule has 0 bridgehead atoms. The molecule has 0 N–H and O–H groups in total. The second-order valence-corrected chi connectivity index (χ2v) is 8.16. The summed E-state index contributed by atoms with van der Waals surface area (Å²) in [6, 6.07) is 11.2. The molecule has 2 aliphatic heterocycles. The fourth-order valence-electron chi connectivity index (χ4n) is 4.45. The number of carbonyl (C=O) groups is 1. The number of anilines is 1. The van der Waals surface area contributed by atoms with Crippen LogP contribution in [-0.4, -0.2) is 60.0 Å². The van der Waals surface area contributed by atoms with E-state index in [-0.39, 0.29) is 11.9 Å². The molecular weight excluding hydrogens is 405 g/mol. The van der Waals surface area contributed by atoms with Gasteiger partial charge in [-0.2, -0.15) is 13.2 Å². The van der Waals surface area contributed by atoms with Crippen molar-refractivity contribution in [1.29, 1.82) is 0 Å². The average Bonchev–Trinajstić information content (AvgIpc) is 2.80. The minimum absolute atomic E-state index is 0.0187. The second kappa shape index (κ2) is 9.26. The number of carbonyl (C=O) groups excluding carboxylic acids is 1. The highest BCUT2D eigenvalue weighted by Gasteiger charge is 2.32. The highest BCUT2D eigenvalue weighted by atomic mass is 19.4. The van der Waals surface area contributed by atoms with E-state index in [1.807, 2.05) is 23.1 Å². The largest absolute Gasteiger partial charge is 0.416 e. The molecule has 31 heavy (non-hydrogen) atoms. The maximum Gasteiger partial charge on any atom is 0.416 e. The number of hydrogen-bond donors (Lipinski definition) is 0. The number of amides is 1. The molecule has 1 unspecified atom stereocenters. The van der Waals surface area contributed by atoms with Gasteiger partial charge < -0.3 is 9.80 Å². The number of rotatable bonds is 4. The number of benzene rings is 1. The molecule has 8 heteroatoms. The summed E-state index contributed by atoms with van der Waals surface area (Å²) in [5.74, 6) is 1.01. The fourth-order valence-corrected chi connectivity index (χ4v) is 4.45. The first-order valence-electron chi connectivity index (χ1n) is 10.8. The van der Waals surface area contributed by atoms with Gasteiger partial charge in [0.2, 0.25) is 5.91 Å². The molecule has 1 amide bonds.